The van der Waals surface area contributed by atoms with E-state index in [1.807, 2.05) is 24.3 Å². The summed E-state index contributed by atoms with van der Waals surface area (Å²) in [6.45, 7) is 0. The van der Waals surface area contributed by atoms with E-state index >= 15 is 0 Å². The molecule has 2 heteroatoms. The molecule has 1 atom stereocenters. The Bertz CT molecular complexity index is 593. The van der Waals surface area contributed by atoms with Crippen LogP contribution in [-0.2, 0) is 9.53 Å². The van der Waals surface area contributed by atoms with E-state index in [2.05, 4.69) is 18.2 Å². The van der Waals surface area contributed by atoms with Crippen molar-refractivity contribution in [2.45, 2.75) is 12.5 Å². The first-order valence-electron chi connectivity index (χ1n) is 5.67. The van der Waals surface area contributed by atoms with Gasteiger partial charge in [-0.05, 0) is 10.8 Å². The standard InChI is InChI=1S/C15H12O2/c16-12-8-9-17-15(10-12)14-7-3-5-11-4-1-2-6-13(11)14/h1-9,15H,10H2/t15-/m1/s1. The lowest BCUT2D eigenvalue weighted by Gasteiger charge is -2.20. The third-order valence-corrected chi connectivity index (χ3v) is 3.05. The highest BCUT2D eigenvalue weighted by molar-refractivity contribution is 5.92. The highest BCUT2D eigenvalue weighted by Gasteiger charge is 2.20. The van der Waals surface area contributed by atoms with Crippen LogP contribution in [0, 0.1) is 0 Å². The number of carbonyl (C=O) groups is 1. The first kappa shape index (κ1) is 10.1. The summed E-state index contributed by atoms with van der Waals surface area (Å²) in [5, 5.41) is 2.33. The molecule has 0 N–H and O–H groups in total. The number of benzene rings is 2. The minimum absolute atomic E-state index is 0.120. The van der Waals surface area contributed by atoms with Crippen molar-refractivity contribution in [3.63, 3.8) is 0 Å². The van der Waals surface area contributed by atoms with Gasteiger partial charge in [0, 0.05) is 11.6 Å². The Labute approximate surface area is 99.5 Å². The molecule has 0 fully saturated rings. The molecular weight excluding hydrogens is 212 g/mol. The molecule has 84 valence electrons. The van der Waals surface area contributed by atoms with Crippen molar-refractivity contribution < 1.29 is 9.53 Å². The van der Waals surface area contributed by atoms with Gasteiger partial charge in [0.25, 0.3) is 0 Å². The molecule has 2 nitrogen and oxygen atoms in total. The maximum absolute atomic E-state index is 11.4. The molecule has 0 unspecified atom stereocenters. The SMILES string of the molecule is O=C1C=CO[C@@H](c2cccc3ccccc23)C1. The molecule has 0 radical (unpaired) electrons. The minimum Gasteiger partial charge on any atom is -0.493 e. The number of carbonyl (C=O) groups excluding carboxylic acids is 1. The number of ether oxygens (including phenoxy) is 1. The summed E-state index contributed by atoms with van der Waals surface area (Å²) in [5.74, 6) is 0.120. The van der Waals surface area contributed by atoms with Gasteiger partial charge in [-0.3, -0.25) is 4.79 Å². The number of allylic oxidation sites excluding steroid dienone is 1. The Morgan fingerprint density at radius 1 is 1.06 bits per heavy atom. The Kier molecular flexibility index (Phi) is 2.41. The summed E-state index contributed by atoms with van der Waals surface area (Å²) >= 11 is 0. The fraction of sp³-hybridized carbons (Fsp3) is 0.133. The van der Waals surface area contributed by atoms with Gasteiger partial charge >= 0.3 is 0 Å². The third-order valence-electron chi connectivity index (χ3n) is 3.05. The lowest BCUT2D eigenvalue weighted by Crippen LogP contribution is -2.11. The zero-order valence-electron chi connectivity index (χ0n) is 9.30. The molecule has 1 aliphatic heterocycles. The van der Waals surface area contributed by atoms with E-state index in [9.17, 15) is 4.79 Å². The van der Waals surface area contributed by atoms with Crippen LogP contribution in [-0.4, -0.2) is 5.78 Å². The van der Waals surface area contributed by atoms with E-state index in [0.29, 0.717) is 6.42 Å². The number of fused-ring (bicyclic) bond motifs is 1. The van der Waals surface area contributed by atoms with E-state index in [1.54, 1.807) is 0 Å². The Morgan fingerprint density at radius 3 is 2.76 bits per heavy atom. The van der Waals surface area contributed by atoms with Gasteiger partial charge in [-0.25, -0.2) is 0 Å². The van der Waals surface area contributed by atoms with Crippen LogP contribution in [0.3, 0.4) is 0 Å². The number of ketones is 1. The lowest BCUT2D eigenvalue weighted by molar-refractivity contribution is -0.118. The summed E-state index contributed by atoms with van der Waals surface area (Å²) < 4.78 is 5.54. The molecule has 2 aromatic rings. The normalized spacial score (nSPS) is 19.3. The zero-order valence-corrected chi connectivity index (χ0v) is 9.30. The van der Waals surface area contributed by atoms with Crippen LogP contribution in [0.5, 0.6) is 0 Å². The average Bonchev–Trinajstić information content (AvgIpc) is 2.38. The predicted molar refractivity (Wildman–Crippen MR) is 66.5 cm³/mol. The van der Waals surface area contributed by atoms with Gasteiger partial charge in [-0.2, -0.15) is 0 Å². The average molecular weight is 224 g/mol. The van der Waals surface area contributed by atoms with Crippen molar-refractivity contribution in [3.05, 3.63) is 60.4 Å². The Balaban J connectivity index is 2.11. The van der Waals surface area contributed by atoms with E-state index in [0.717, 1.165) is 10.9 Å². The van der Waals surface area contributed by atoms with Crippen molar-refractivity contribution >= 4 is 16.6 Å². The second kappa shape index (κ2) is 4.06. The van der Waals surface area contributed by atoms with Crippen LogP contribution in [0.2, 0.25) is 0 Å². The van der Waals surface area contributed by atoms with Crippen LogP contribution in [0.4, 0.5) is 0 Å². The van der Waals surface area contributed by atoms with Crippen molar-refractivity contribution in [1.82, 2.24) is 0 Å². The quantitative estimate of drug-likeness (QED) is 0.742. The zero-order chi connectivity index (χ0) is 11.7. The summed E-state index contributed by atoms with van der Waals surface area (Å²) in [6, 6.07) is 14.3. The van der Waals surface area contributed by atoms with Crippen molar-refractivity contribution in [3.8, 4) is 0 Å². The molecule has 0 amide bonds. The van der Waals surface area contributed by atoms with Gasteiger partial charge in [0.15, 0.2) is 5.78 Å². The fourth-order valence-corrected chi connectivity index (χ4v) is 2.22. The van der Waals surface area contributed by atoms with Gasteiger partial charge in [-0.1, -0.05) is 42.5 Å². The lowest BCUT2D eigenvalue weighted by atomic mass is 9.96. The molecule has 0 aliphatic carbocycles. The molecule has 3 rings (SSSR count). The topological polar surface area (TPSA) is 26.3 Å². The molecule has 0 spiro atoms. The van der Waals surface area contributed by atoms with Gasteiger partial charge in [0.05, 0.1) is 12.7 Å². The summed E-state index contributed by atoms with van der Waals surface area (Å²) in [4.78, 5) is 11.4. The first-order valence-corrected chi connectivity index (χ1v) is 5.67. The second-order valence-electron chi connectivity index (χ2n) is 4.17. The number of hydrogen-bond acceptors (Lipinski definition) is 2. The van der Waals surface area contributed by atoms with Crippen LogP contribution < -0.4 is 0 Å². The first-order chi connectivity index (χ1) is 8.34. The van der Waals surface area contributed by atoms with Gasteiger partial charge in [0.2, 0.25) is 0 Å². The maximum Gasteiger partial charge on any atom is 0.162 e. The molecule has 0 bridgehead atoms. The van der Waals surface area contributed by atoms with Crippen molar-refractivity contribution in [2.24, 2.45) is 0 Å². The van der Waals surface area contributed by atoms with E-state index in [4.69, 9.17) is 4.74 Å². The third kappa shape index (κ3) is 1.82. The summed E-state index contributed by atoms with van der Waals surface area (Å²) in [5.41, 5.74) is 1.08. The summed E-state index contributed by atoms with van der Waals surface area (Å²) in [7, 11) is 0. The monoisotopic (exact) mass is 224 g/mol. The van der Waals surface area contributed by atoms with E-state index in [1.165, 1.54) is 17.7 Å². The summed E-state index contributed by atoms with van der Waals surface area (Å²) in [6.07, 6.45) is 3.25. The predicted octanol–water partition coefficient (Wildman–Crippen LogP) is 3.38. The van der Waals surface area contributed by atoms with Crippen molar-refractivity contribution in [2.75, 3.05) is 0 Å². The second-order valence-corrected chi connectivity index (χ2v) is 4.17. The number of rotatable bonds is 1. The molecular formula is C15H12O2. The van der Waals surface area contributed by atoms with E-state index < -0.39 is 0 Å². The molecule has 0 saturated heterocycles. The highest BCUT2D eigenvalue weighted by atomic mass is 16.5. The molecule has 0 aromatic heterocycles. The van der Waals surface area contributed by atoms with Gasteiger partial charge in [-0.15, -0.1) is 0 Å². The van der Waals surface area contributed by atoms with Crippen LogP contribution in [0.1, 0.15) is 18.1 Å². The molecule has 0 saturated carbocycles. The van der Waals surface area contributed by atoms with Crippen LogP contribution >= 0.6 is 0 Å². The van der Waals surface area contributed by atoms with Crippen LogP contribution in [0.15, 0.2) is 54.8 Å². The van der Waals surface area contributed by atoms with Crippen molar-refractivity contribution in [1.29, 1.82) is 0 Å². The Morgan fingerprint density at radius 2 is 1.88 bits per heavy atom. The number of hydrogen-bond donors (Lipinski definition) is 0. The largest absolute Gasteiger partial charge is 0.493 e. The molecule has 1 aliphatic rings. The molecule has 17 heavy (non-hydrogen) atoms. The Hall–Kier alpha value is -2.09. The van der Waals surface area contributed by atoms with Gasteiger partial charge < -0.3 is 4.74 Å². The van der Waals surface area contributed by atoms with E-state index in [-0.39, 0.29) is 11.9 Å². The molecule has 2 aromatic carbocycles. The smallest absolute Gasteiger partial charge is 0.162 e. The van der Waals surface area contributed by atoms with Crippen LogP contribution in [0.25, 0.3) is 10.8 Å². The van der Waals surface area contributed by atoms with Gasteiger partial charge in [0.1, 0.15) is 6.10 Å². The minimum atomic E-state index is -0.154. The molecule has 1 heterocycles. The fourth-order valence-electron chi connectivity index (χ4n) is 2.22. The highest BCUT2D eigenvalue weighted by Crippen LogP contribution is 2.30. The maximum atomic E-state index is 11.4.